The third-order valence-electron chi connectivity index (χ3n) is 2.17. The van der Waals surface area contributed by atoms with Gasteiger partial charge in [0.15, 0.2) is 0 Å². The molecule has 0 saturated carbocycles. The van der Waals surface area contributed by atoms with E-state index in [0.717, 1.165) is 38.8 Å². The smallest absolute Gasteiger partial charge is 0.0540 e. The summed E-state index contributed by atoms with van der Waals surface area (Å²) < 4.78 is 0. The lowest BCUT2D eigenvalue weighted by molar-refractivity contribution is 0.150. The van der Waals surface area contributed by atoms with E-state index in [1.807, 2.05) is 0 Å². The molecule has 0 spiro atoms. The molecule has 2 nitrogen and oxygen atoms in total. The molecule has 0 aliphatic carbocycles. The molecule has 0 radical (unpaired) electrons. The molecule has 1 atom stereocenters. The Kier molecular flexibility index (Phi) is 7.20. The van der Waals surface area contributed by atoms with E-state index in [2.05, 4.69) is 33.0 Å². The van der Waals surface area contributed by atoms with Crippen LogP contribution >= 0.6 is 0 Å². The standard InChI is InChI=1S/C12H27NO/c1-5-7-11(14)8-6-9-13-10-12(2,3)4/h11,13-14H,5-10H2,1-4H3. The van der Waals surface area contributed by atoms with Crippen molar-refractivity contribution in [2.45, 2.75) is 59.5 Å². The Bertz CT molecular complexity index is 129. The summed E-state index contributed by atoms with van der Waals surface area (Å²) in [4.78, 5) is 0. The summed E-state index contributed by atoms with van der Waals surface area (Å²) in [7, 11) is 0. The molecule has 0 fully saturated rings. The van der Waals surface area contributed by atoms with Crippen LogP contribution in [0, 0.1) is 5.41 Å². The maximum atomic E-state index is 9.48. The van der Waals surface area contributed by atoms with Crippen molar-refractivity contribution in [3.05, 3.63) is 0 Å². The van der Waals surface area contributed by atoms with Crippen molar-refractivity contribution in [3.8, 4) is 0 Å². The first-order chi connectivity index (χ1) is 6.45. The van der Waals surface area contributed by atoms with E-state index in [0.29, 0.717) is 5.41 Å². The van der Waals surface area contributed by atoms with Gasteiger partial charge in [0.25, 0.3) is 0 Å². The Balaban J connectivity index is 3.21. The molecule has 0 aromatic rings. The Morgan fingerprint density at radius 2 is 1.86 bits per heavy atom. The van der Waals surface area contributed by atoms with Crippen LogP contribution in [0.1, 0.15) is 53.4 Å². The van der Waals surface area contributed by atoms with E-state index in [9.17, 15) is 5.11 Å². The van der Waals surface area contributed by atoms with Gasteiger partial charge in [-0.25, -0.2) is 0 Å². The summed E-state index contributed by atoms with van der Waals surface area (Å²) in [6.45, 7) is 10.9. The Morgan fingerprint density at radius 3 is 2.36 bits per heavy atom. The van der Waals surface area contributed by atoms with Crippen molar-refractivity contribution in [2.75, 3.05) is 13.1 Å². The maximum Gasteiger partial charge on any atom is 0.0540 e. The van der Waals surface area contributed by atoms with Gasteiger partial charge in [0, 0.05) is 0 Å². The first-order valence-electron chi connectivity index (χ1n) is 5.84. The summed E-state index contributed by atoms with van der Waals surface area (Å²) >= 11 is 0. The molecule has 0 heterocycles. The number of nitrogens with one attached hydrogen (secondary N) is 1. The number of rotatable bonds is 7. The van der Waals surface area contributed by atoms with Gasteiger partial charge >= 0.3 is 0 Å². The van der Waals surface area contributed by atoms with Crippen molar-refractivity contribution >= 4 is 0 Å². The minimum Gasteiger partial charge on any atom is -0.393 e. The second-order valence-corrected chi connectivity index (χ2v) is 5.32. The molecule has 14 heavy (non-hydrogen) atoms. The van der Waals surface area contributed by atoms with E-state index in [-0.39, 0.29) is 6.10 Å². The SMILES string of the molecule is CCCC(O)CCCNCC(C)(C)C. The van der Waals surface area contributed by atoms with E-state index in [4.69, 9.17) is 0 Å². The lowest BCUT2D eigenvalue weighted by Gasteiger charge is -2.19. The highest BCUT2D eigenvalue weighted by molar-refractivity contribution is 4.65. The average molecular weight is 201 g/mol. The van der Waals surface area contributed by atoms with Crippen LogP contribution < -0.4 is 5.32 Å². The zero-order valence-electron chi connectivity index (χ0n) is 10.3. The van der Waals surface area contributed by atoms with Gasteiger partial charge in [-0.3, -0.25) is 0 Å². The van der Waals surface area contributed by atoms with Gasteiger partial charge in [0.2, 0.25) is 0 Å². The molecule has 0 rings (SSSR count). The van der Waals surface area contributed by atoms with Crippen molar-refractivity contribution in [2.24, 2.45) is 5.41 Å². The van der Waals surface area contributed by atoms with Crippen LogP contribution in [-0.2, 0) is 0 Å². The largest absolute Gasteiger partial charge is 0.393 e. The highest BCUT2D eigenvalue weighted by Crippen LogP contribution is 2.10. The van der Waals surface area contributed by atoms with Crippen molar-refractivity contribution in [3.63, 3.8) is 0 Å². The van der Waals surface area contributed by atoms with Crippen LogP contribution in [0.4, 0.5) is 0 Å². The molecule has 2 heteroatoms. The van der Waals surface area contributed by atoms with Crippen LogP contribution in [0.3, 0.4) is 0 Å². The predicted molar refractivity (Wildman–Crippen MR) is 62.5 cm³/mol. The van der Waals surface area contributed by atoms with E-state index < -0.39 is 0 Å². The van der Waals surface area contributed by atoms with Gasteiger partial charge in [-0.2, -0.15) is 0 Å². The normalized spacial score (nSPS) is 14.4. The molecule has 0 saturated heterocycles. The number of hydrogen-bond acceptors (Lipinski definition) is 2. The Morgan fingerprint density at radius 1 is 1.21 bits per heavy atom. The minimum atomic E-state index is -0.0866. The zero-order chi connectivity index (χ0) is 11.0. The summed E-state index contributed by atoms with van der Waals surface area (Å²) in [5, 5.41) is 12.9. The quantitative estimate of drug-likeness (QED) is 0.620. The van der Waals surface area contributed by atoms with Crippen LogP contribution in [0.2, 0.25) is 0 Å². The predicted octanol–water partition coefficient (Wildman–Crippen LogP) is 2.56. The van der Waals surface area contributed by atoms with Crippen LogP contribution in [0.25, 0.3) is 0 Å². The molecular weight excluding hydrogens is 174 g/mol. The van der Waals surface area contributed by atoms with Gasteiger partial charge in [0.1, 0.15) is 0 Å². The maximum absolute atomic E-state index is 9.48. The first kappa shape index (κ1) is 13.9. The molecular formula is C12H27NO. The van der Waals surface area contributed by atoms with Gasteiger partial charge in [0.05, 0.1) is 6.10 Å². The molecule has 2 N–H and O–H groups in total. The lowest BCUT2D eigenvalue weighted by atomic mass is 9.97. The fourth-order valence-corrected chi connectivity index (χ4v) is 1.40. The minimum absolute atomic E-state index is 0.0866. The van der Waals surface area contributed by atoms with Gasteiger partial charge in [-0.15, -0.1) is 0 Å². The van der Waals surface area contributed by atoms with E-state index >= 15 is 0 Å². The number of aliphatic hydroxyl groups excluding tert-OH is 1. The van der Waals surface area contributed by atoms with Crippen molar-refractivity contribution in [1.82, 2.24) is 5.32 Å². The molecule has 0 aliphatic heterocycles. The summed E-state index contributed by atoms with van der Waals surface area (Å²) in [6.07, 6.45) is 3.95. The van der Waals surface area contributed by atoms with Crippen LogP contribution in [0.15, 0.2) is 0 Å². The number of hydrogen-bond donors (Lipinski definition) is 2. The fraction of sp³-hybridized carbons (Fsp3) is 1.00. The topological polar surface area (TPSA) is 32.3 Å². The van der Waals surface area contributed by atoms with Crippen LogP contribution in [0.5, 0.6) is 0 Å². The summed E-state index contributed by atoms with van der Waals surface area (Å²) in [5.41, 5.74) is 0.363. The molecule has 86 valence electrons. The van der Waals surface area contributed by atoms with E-state index in [1.54, 1.807) is 0 Å². The summed E-state index contributed by atoms with van der Waals surface area (Å²) in [5.74, 6) is 0. The number of aliphatic hydroxyl groups is 1. The zero-order valence-corrected chi connectivity index (χ0v) is 10.3. The molecule has 0 bridgehead atoms. The second-order valence-electron chi connectivity index (χ2n) is 5.32. The third-order valence-corrected chi connectivity index (χ3v) is 2.17. The molecule has 0 aromatic carbocycles. The highest BCUT2D eigenvalue weighted by Gasteiger charge is 2.08. The lowest BCUT2D eigenvalue weighted by Crippen LogP contribution is -2.28. The average Bonchev–Trinajstić information content (AvgIpc) is 2.02. The van der Waals surface area contributed by atoms with Gasteiger partial charge in [-0.1, -0.05) is 34.1 Å². The summed E-state index contributed by atoms with van der Waals surface area (Å²) in [6, 6.07) is 0. The van der Waals surface area contributed by atoms with E-state index in [1.165, 1.54) is 0 Å². The van der Waals surface area contributed by atoms with Gasteiger partial charge in [-0.05, 0) is 37.8 Å². The fourth-order valence-electron chi connectivity index (χ4n) is 1.40. The second kappa shape index (κ2) is 7.24. The molecule has 0 aliphatic rings. The Labute approximate surface area is 89.1 Å². The molecule has 1 unspecified atom stereocenters. The highest BCUT2D eigenvalue weighted by atomic mass is 16.3. The van der Waals surface area contributed by atoms with Gasteiger partial charge < -0.3 is 10.4 Å². The van der Waals surface area contributed by atoms with Crippen LogP contribution in [-0.4, -0.2) is 24.3 Å². The first-order valence-corrected chi connectivity index (χ1v) is 5.84. The molecule has 0 amide bonds. The Hall–Kier alpha value is -0.0800. The van der Waals surface area contributed by atoms with Crippen molar-refractivity contribution in [1.29, 1.82) is 0 Å². The monoisotopic (exact) mass is 201 g/mol. The van der Waals surface area contributed by atoms with Crippen molar-refractivity contribution < 1.29 is 5.11 Å². The third kappa shape index (κ3) is 10.0. The molecule has 0 aromatic heterocycles.